The number of unbranched alkanes of at least 4 members (excludes halogenated alkanes) is 1. The molecule has 0 unspecified atom stereocenters. The van der Waals surface area contributed by atoms with Crippen molar-refractivity contribution in [3.8, 4) is 0 Å². The van der Waals surface area contributed by atoms with Crippen molar-refractivity contribution in [2.45, 2.75) is 38.6 Å². The number of benzene rings is 1. The summed E-state index contributed by atoms with van der Waals surface area (Å²) in [6.45, 7) is 2.83. The predicted molar refractivity (Wildman–Crippen MR) is 97.2 cm³/mol. The van der Waals surface area contributed by atoms with Crippen molar-refractivity contribution in [3.63, 3.8) is 0 Å². The molecule has 0 spiro atoms. The summed E-state index contributed by atoms with van der Waals surface area (Å²) >= 11 is 11.9. The van der Waals surface area contributed by atoms with Crippen LogP contribution in [-0.2, 0) is 10.0 Å². The van der Waals surface area contributed by atoms with Crippen molar-refractivity contribution in [2.24, 2.45) is 0 Å². The quantitative estimate of drug-likeness (QED) is 0.807. The van der Waals surface area contributed by atoms with E-state index >= 15 is 0 Å². The average molecular weight is 393 g/mol. The molecule has 0 aliphatic carbocycles. The molecule has 1 aromatic carbocycles. The van der Waals surface area contributed by atoms with E-state index in [0.717, 1.165) is 6.42 Å². The highest BCUT2D eigenvalue weighted by Crippen LogP contribution is 2.22. The Bertz CT molecular complexity index is 687. The lowest BCUT2D eigenvalue weighted by Gasteiger charge is -2.31. The first-order valence-corrected chi connectivity index (χ1v) is 10.4. The zero-order valence-electron chi connectivity index (χ0n) is 13.6. The summed E-state index contributed by atoms with van der Waals surface area (Å²) in [5, 5.41) is 3.70. The first-order chi connectivity index (χ1) is 11.3. The summed E-state index contributed by atoms with van der Waals surface area (Å²) < 4.78 is 25.9. The summed E-state index contributed by atoms with van der Waals surface area (Å²) in [6, 6.07) is 4.68. The molecule has 1 aliphatic rings. The molecule has 134 valence electrons. The Morgan fingerprint density at radius 3 is 2.58 bits per heavy atom. The fourth-order valence-electron chi connectivity index (χ4n) is 2.67. The van der Waals surface area contributed by atoms with Crippen LogP contribution >= 0.6 is 23.2 Å². The lowest BCUT2D eigenvalue weighted by atomic mass is 10.1. The van der Waals surface area contributed by atoms with Crippen LogP contribution in [0.25, 0.3) is 0 Å². The second-order valence-electron chi connectivity index (χ2n) is 5.94. The summed E-state index contributed by atoms with van der Waals surface area (Å²) in [5.74, 6) is -0.0895. The van der Waals surface area contributed by atoms with Crippen LogP contribution in [0.1, 0.15) is 43.0 Å². The normalized spacial score (nSPS) is 17.0. The minimum Gasteiger partial charge on any atom is -0.349 e. The molecule has 5 nitrogen and oxygen atoms in total. The van der Waals surface area contributed by atoms with Gasteiger partial charge in [-0.1, -0.05) is 36.5 Å². The highest BCUT2D eigenvalue weighted by atomic mass is 35.5. The van der Waals surface area contributed by atoms with E-state index in [2.05, 4.69) is 5.32 Å². The standard InChI is InChI=1S/C16H22Cl2N2O3S/c1-2-3-10-24(22,23)20-8-6-13(7-9-20)19-16(21)14-11-12(17)4-5-15(14)18/h4-5,11,13H,2-3,6-10H2,1H3,(H,19,21). The second-order valence-corrected chi connectivity index (χ2v) is 8.87. The number of hydrogen-bond donors (Lipinski definition) is 1. The third-order valence-electron chi connectivity index (χ3n) is 4.11. The number of nitrogens with one attached hydrogen (secondary N) is 1. The zero-order valence-corrected chi connectivity index (χ0v) is 15.9. The highest BCUT2D eigenvalue weighted by Gasteiger charge is 2.28. The number of hydrogen-bond acceptors (Lipinski definition) is 3. The zero-order chi connectivity index (χ0) is 17.7. The number of piperidine rings is 1. The molecule has 1 aromatic rings. The molecule has 0 bridgehead atoms. The Labute approximate surface area is 153 Å². The van der Waals surface area contributed by atoms with Crippen LogP contribution < -0.4 is 5.32 Å². The first-order valence-electron chi connectivity index (χ1n) is 8.07. The van der Waals surface area contributed by atoms with E-state index in [-0.39, 0.29) is 17.7 Å². The van der Waals surface area contributed by atoms with Crippen molar-refractivity contribution in [3.05, 3.63) is 33.8 Å². The summed E-state index contributed by atoms with van der Waals surface area (Å²) in [5.41, 5.74) is 0.335. The molecule has 1 heterocycles. The van der Waals surface area contributed by atoms with Crippen LogP contribution in [0.4, 0.5) is 0 Å². The Balaban J connectivity index is 1.91. The molecule has 0 aromatic heterocycles. The van der Waals surface area contributed by atoms with E-state index in [1.807, 2.05) is 6.92 Å². The maximum atomic E-state index is 12.3. The molecular weight excluding hydrogens is 371 g/mol. The molecule has 0 saturated carbocycles. The van der Waals surface area contributed by atoms with E-state index in [0.29, 0.717) is 48.0 Å². The molecule has 8 heteroatoms. The maximum Gasteiger partial charge on any atom is 0.253 e. The van der Waals surface area contributed by atoms with E-state index in [9.17, 15) is 13.2 Å². The predicted octanol–water partition coefficient (Wildman–Crippen LogP) is 3.32. The van der Waals surface area contributed by atoms with Gasteiger partial charge in [-0.15, -0.1) is 0 Å². The van der Waals surface area contributed by atoms with Gasteiger partial charge in [-0.25, -0.2) is 12.7 Å². The third-order valence-corrected chi connectivity index (χ3v) is 6.63. The van der Waals surface area contributed by atoms with Gasteiger partial charge in [0, 0.05) is 24.2 Å². The molecule has 1 fully saturated rings. The van der Waals surface area contributed by atoms with Crippen LogP contribution in [0.5, 0.6) is 0 Å². The van der Waals surface area contributed by atoms with Crippen LogP contribution in [0.3, 0.4) is 0 Å². The van der Waals surface area contributed by atoms with Gasteiger partial charge in [0.15, 0.2) is 0 Å². The number of nitrogens with zero attached hydrogens (tertiary/aromatic N) is 1. The van der Waals surface area contributed by atoms with Gasteiger partial charge in [0.05, 0.1) is 16.3 Å². The monoisotopic (exact) mass is 392 g/mol. The molecule has 1 amide bonds. The fourth-order valence-corrected chi connectivity index (χ4v) is 4.72. The fraction of sp³-hybridized carbons (Fsp3) is 0.562. The summed E-state index contributed by atoms with van der Waals surface area (Å²) in [4.78, 5) is 12.3. The van der Waals surface area contributed by atoms with Gasteiger partial charge in [0.2, 0.25) is 10.0 Å². The Morgan fingerprint density at radius 1 is 1.29 bits per heavy atom. The Morgan fingerprint density at radius 2 is 1.96 bits per heavy atom. The van der Waals surface area contributed by atoms with Gasteiger partial charge in [0.25, 0.3) is 5.91 Å². The van der Waals surface area contributed by atoms with Crippen molar-refractivity contribution >= 4 is 39.1 Å². The number of carbonyl (C=O) groups is 1. The number of rotatable bonds is 6. The van der Waals surface area contributed by atoms with E-state index in [4.69, 9.17) is 23.2 Å². The maximum absolute atomic E-state index is 12.3. The molecule has 0 radical (unpaired) electrons. The Hall–Kier alpha value is -0.820. The number of carbonyl (C=O) groups excluding carboxylic acids is 1. The molecule has 2 rings (SSSR count). The van der Waals surface area contributed by atoms with E-state index in [1.165, 1.54) is 10.4 Å². The molecule has 24 heavy (non-hydrogen) atoms. The van der Waals surface area contributed by atoms with Crippen molar-refractivity contribution < 1.29 is 13.2 Å². The second kappa shape index (κ2) is 8.52. The van der Waals surface area contributed by atoms with Gasteiger partial charge in [-0.05, 0) is 37.5 Å². The average Bonchev–Trinajstić information content (AvgIpc) is 2.55. The molecular formula is C16H22Cl2N2O3S. The van der Waals surface area contributed by atoms with Crippen LogP contribution in [-0.4, -0.2) is 43.5 Å². The van der Waals surface area contributed by atoms with Crippen LogP contribution in [0, 0.1) is 0 Å². The SMILES string of the molecule is CCCCS(=O)(=O)N1CCC(NC(=O)c2cc(Cl)ccc2Cl)CC1. The topological polar surface area (TPSA) is 66.5 Å². The first kappa shape index (κ1) is 19.5. The van der Waals surface area contributed by atoms with E-state index in [1.54, 1.807) is 12.1 Å². The van der Waals surface area contributed by atoms with Gasteiger partial charge in [0.1, 0.15) is 0 Å². The minimum atomic E-state index is -3.18. The third kappa shape index (κ3) is 5.09. The summed E-state index contributed by atoms with van der Waals surface area (Å²) in [6.07, 6.45) is 2.71. The largest absolute Gasteiger partial charge is 0.349 e. The molecule has 1 aliphatic heterocycles. The highest BCUT2D eigenvalue weighted by molar-refractivity contribution is 7.89. The van der Waals surface area contributed by atoms with Crippen molar-refractivity contribution in [2.75, 3.05) is 18.8 Å². The minimum absolute atomic E-state index is 0.0647. The van der Waals surface area contributed by atoms with E-state index < -0.39 is 10.0 Å². The lowest BCUT2D eigenvalue weighted by Crippen LogP contribution is -2.47. The smallest absolute Gasteiger partial charge is 0.253 e. The number of amides is 1. The number of halogens is 2. The van der Waals surface area contributed by atoms with Gasteiger partial charge >= 0.3 is 0 Å². The van der Waals surface area contributed by atoms with Crippen LogP contribution in [0.2, 0.25) is 10.0 Å². The molecule has 1 N–H and O–H groups in total. The van der Waals surface area contributed by atoms with Gasteiger partial charge in [-0.3, -0.25) is 4.79 Å². The molecule has 1 saturated heterocycles. The summed E-state index contributed by atoms with van der Waals surface area (Å²) in [7, 11) is -3.18. The van der Waals surface area contributed by atoms with Gasteiger partial charge < -0.3 is 5.32 Å². The van der Waals surface area contributed by atoms with Crippen molar-refractivity contribution in [1.29, 1.82) is 0 Å². The Kier molecular flexibility index (Phi) is 6.92. The lowest BCUT2D eigenvalue weighted by molar-refractivity contribution is 0.0924. The van der Waals surface area contributed by atoms with Gasteiger partial charge in [-0.2, -0.15) is 0 Å². The van der Waals surface area contributed by atoms with Crippen LogP contribution in [0.15, 0.2) is 18.2 Å². The van der Waals surface area contributed by atoms with Crippen molar-refractivity contribution in [1.82, 2.24) is 9.62 Å². The number of sulfonamides is 1. The molecule has 0 atom stereocenters.